The molecule has 0 fully saturated rings. The van der Waals surface area contributed by atoms with Crippen LogP contribution < -0.4 is 10.1 Å². The third-order valence-corrected chi connectivity index (χ3v) is 3.56. The molecule has 1 amide bonds. The van der Waals surface area contributed by atoms with Gasteiger partial charge in [-0.15, -0.1) is 0 Å². The van der Waals surface area contributed by atoms with Gasteiger partial charge in [-0.2, -0.15) is 0 Å². The molecule has 6 nitrogen and oxygen atoms in total. The zero-order valence-corrected chi connectivity index (χ0v) is 14.2. The van der Waals surface area contributed by atoms with Gasteiger partial charge in [0.1, 0.15) is 17.3 Å². The molecular weight excluding hydrogens is 310 g/mol. The Bertz CT molecular complexity index is 761. The standard InChI is InChI=1S/C18H21NO5/c1-10(2)16-8-14(12(4)24-16)18(22)19-15-6-5-13(7-11(15)3)23-9-17(20)21/h5-8,10H,9H2,1-4H3,(H,19,22)(H,20,21). The van der Waals surface area contributed by atoms with Gasteiger partial charge in [-0.05, 0) is 43.7 Å². The molecule has 0 atom stereocenters. The van der Waals surface area contributed by atoms with Crippen molar-refractivity contribution < 1.29 is 23.8 Å². The van der Waals surface area contributed by atoms with Crippen molar-refractivity contribution in [3.63, 3.8) is 0 Å². The first-order valence-electron chi connectivity index (χ1n) is 7.65. The molecule has 1 heterocycles. The predicted octanol–water partition coefficient (Wildman–Crippen LogP) is 3.74. The van der Waals surface area contributed by atoms with Crippen LogP contribution in [0.5, 0.6) is 5.75 Å². The number of carbonyl (C=O) groups excluding carboxylic acids is 1. The SMILES string of the molecule is Cc1cc(OCC(=O)O)ccc1NC(=O)c1cc(C(C)C)oc1C. The van der Waals surface area contributed by atoms with E-state index in [1.54, 1.807) is 31.2 Å². The maximum absolute atomic E-state index is 12.4. The number of carboxylic acids is 1. The van der Waals surface area contributed by atoms with Gasteiger partial charge in [0.05, 0.1) is 5.56 Å². The number of ether oxygens (including phenoxy) is 1. The van der Waals surface area contributed by atoms with Gasteiger partial charge >= 0.3 is 5.97 Å². The average molecular weight is 331 g/mol. The number of carboxylic acid groups (broad SMARTS) is 1. The summed E-state index contributed by atoms with van der Waals surface area (Å²) in [6, 6.07) is 6.74. The van der Waals surface area contributed by atoms with Gasteiger partial charge in [-0.3, -0.25) is 4.79 Å². The van der Waals surface area contributed by atoms with E-state index >= 15 is 0 Å². The number of nitrogens with one attached hydrogen (secondary N) is 1. The highest BCUT2D eigenvalue weighted by molar-refractivity contribution is 6.05. The topological polar surface area (TPSA) is 88.8 Å². The molecule has 0 saturated heterocycles. The van der Waals surface area contributed by atoms with Crippen LogP contribution >= 0.6 is 0 Å². The Kier molecular flexibility index (Phi) is 5.28. The normalized spacial score (nSPS) is 10.7. The molecule has 0 aliphatic rings. The molecule has 2 N–H and O–H groups in total. The number of aryl methyl sites for hydroxylation is 2. The van der Waals surface area contributed by atoms with Crippen LogP contribution in [-0.2, 0) is 4.79 Å². The number of aliphatic carboxylic acids is 1. The van der Waals surface area contributed by atoms with E-state index < -0.39 is 12.6 Å². The summed E-state index contributed by atoms with van der Waals surface area (Å²) in [5.74, 6) is 0.709. The van der Waals surface area contributed by atoms with E-state index in [9.17, 15) is 9.59 Å². The molecule has 1 aromatic carbocycles. The molecule has 24 heavy (non-hydrogen) atoms. The molecule has 2 rings (SSSR count). The van der Waals surface area contributed by atoms with Gasteiger partial charge in [0.2, 0.25) is 0 Å². The van der Waals surface area contributed by atoms with Gasteiger partial charge in [0.25, 0.3) is 5.91 Å². The molecule has 0 radical (unpaired) electrons. The monoisotopic (exact) mass is 331 g/mol. The number of rotatable bonds is 6. The van der Waals surface area contributed by atoms with E-state index in [1.807, 2.05) is 20.8 Å². The molecule has 0 spiro atoms. The fraction of sp³-hybridized carbons (Fsp3) is 0.333. The lowest BCUT2D eigenvalue weighted by Crippen LogP contribution is -2.13. The minimum Gasteiger partial charge on any atom is -0.482 e. The van der Waals surface area contributed by atoms with E-state index in [2.05, 4.69) is 5.32 Å². The van der Waals surface area contributed by atoms with E-state index in [1.165, 1.54) is 0 Å². The van der Waals surface area contributed by atoms with Crippen molar-refractivity contribution >= 4 is 17.6 Å². The van der Waals surface area contributed by atoms with Crippen LogP contribution in [0.1, 0.15) is 47.2 Å². The van der Waals surface area contributed by atoms with Crippen LogP contribution in [0.2, 0.25) is 0 Å². The van der Waals surface area contributed by atoms with Crippen LogP contribution in [0.25, 0.3) is 0 Å². The van der Waals surface area contributed by atoms with Gasteiger partial charge in [-0.1, -0.05) is 13.8 Å². The molecular formula is C18H21NO5. The number of amides is 1. The van der Waals surface area contributed by atoms with Crippen LogP contribution in [0.3, 0.4) is 0 Å². The van der Waals surface area contributed by atoms with Crippen molar-refractivity contribution in [1.82, 2.24) is 0 Å². The summed E-state index contributed by atoms with van der Waals surface area (Å²) in [5, 5.41) is 11.5. The van der Waals surface area contributed by atoms with Crippen molar-refractivity contribution in [3.05, 3.63) is 46.9 Å². The highest BCUT2D eigenvalue weighted by atomic mass is 16.5. The smallest absolute Gasteiger partial charge is 0.341 e. The lowest BCUT2D eigenvalue weighted by Gasteiger charge is -2.10. The number of hydrogen-bond acceptors (Lipinski definition) is 4. The van der Waals surface area contributed by atoms with Gasteiger partial charge < -0.3 is 19.6 Å². The second-order valence-corrected chi connectivity index (χ2v) is 5.89. The fourth-order valence-corrected chi connectivity index (χ4v) is 2.22. The summed E-state index contributed by atoms with van der Waals surface area (Å²) in [6.45, 7) is 7.17. The summed E-state index contributed by atoms with van der Waals surface area (Å²) in [4.78, 5) is 23.0. The van der Waals surface area contributed by atoms with Gasteiger partial charge in [-0.25, -0.2) is 4.79 Å². The van der Waals surface area contributed by atoms with E-state index in [-0.39, 0.29) is 11.8 Å². The van der Waals surface area contributed by atoms with Gasteiger partial charge in [0, 0.05) is 11.6 Å². The lowest BCUT2D eigenvalue weighted by atomic mass is 10.1. The Labute approximate surface area is 140 Å². The third kappa shape index (κ3) is 4.16. The summed E-state index contributed by atoms with van der Waals surface area (Å²) < 4.78 is 10.7. The molecule has 6 heteroatoms. The molecule has 0 bridgehead atoms. The predicted molar refractivity (Wildman–Crippen MR) is 89.8 cm³/mol. The van der Waals surface area contributed by atoms with Crippen molar-refractivity contribution in [3.8, 4) is 5.75 Å². The molecule has 128 valence electrons. The maximum Gasteiger partial charge on any atom is 0.341 e. The first kappa shape index (κ1) is 17.6. The average Bonchev–Trinajstić information content (AvgIpc) is 2.90. The van der Waals surface area contributed by atoms with Crippen molar-refractivity contribution in [2.75, 3.05) is 11.9 Å². The van der Waals surface area contributed by atoms with Crippen LogP contribution in [-0.4, -0.2) is 23.6 Å². The molecule has 0 aliphatic heterocycles. The number of benzene rings is 1. The van der Waals surface area contributed by atoms with Crippen LogP contribution in [0.4, 0.5) is 5.69 Å². The maximum atomic E-state index is 12.4. The number of anilines is 1. The Hall–Kier alpha value is -2.76. The number of carbonyl (C=O) groups is 2. The molecule has 0 aliphatic carbocycles. The summed E-state index contributed by atoms with van der Waals surface area (Å²) in [7, 11) is 0. The summed E-state index contributed by atoms with van der Waals surface area (Å²) >= 11 is 0. The summed E-state index contributed by atoms with van der Waals surface area (Å²) in [5.41, 5.74) is 1.91. The van der Waals surface area contributed by atoms with Crippen LogP contribution in [0.15, 0.2) is 28.7 Å². The zero-order chi connectivity index (χ0) is 17.9. The lowest BCUT2D eigenvalue weighted by molar-refractivity contribution is -0.139. The van der Waals surface area contributed by atoms with Gasteiger partial charge in [0.15, 0.2) is 6.61 Å². The van der Waals surface area contributed by atoms with E-state index in [0.717, 1.165) is 11.3 Å². The fourth-order valence-electron chi connectivity index (χ4n) is 2.22. The second-order valence-electron chi connectivity index (χ2n) is 5.89. The second kappa shape index (κ2) is 7.21. The quantitative estimate of drug-likeness (QED) is 0.842. The number of hydrogen-bond donors (Lipinski definition) is 2. The summed E-state index contributed by atoms with van der Waals surface area (Å²) in [6.07, 6.45) is 0. The minimum absolute atomic E-state index is 0.206. The Balaban J connectivity index is 2.13. The van der Waals surface area contributed by atoms with E-state index in [0.29, 0.717) is 22.8 Å². The Morgan fingerprint density at radius 1 is 1.25 bits per heavy atom. The Morgan fingerprint density at radius 3 is 2.50 bits per heavy atom. The molecule has 2 aromatic rings. The largest absolute Gasteiger partial charge is 0.482 e. The molecule has 0 saturated carbocycles. The Morgan fingerprint density at radius 2 is 1.96 bits per heavy atom. The first-order valence-corrected chi connectivity index (χ1v) is 7.65. The first-order chi connectivity index (χ1) is 11.3. The number of furan rings is 1. The third-order valence-electron chi connectivity index (χ3n) is 3.56. The zero-order valence-electron chi connectivity index (χ0n) is 14.2. The van der Waals surface area contributed by atoms with E-state index in [4.69, 9.17) is 14.3 Å². The van der Waals surface area contributed by atoms with Crippen LogP contribution in [0, 0.1) is 13.8 Å². The molecule has 0 unspecified atom stereocenters. The molecule has 1 aromatic heterocycles. The minimum atomic E-state index is -1.04. The van der Waals surface area contributed by atoms with Crippen molar-refractivity contribution in [1.29, 1.82) is 0 Å². The highest BCUT2D eigenvalue weighted by Crippen LogP contribution is 2.25. The van der Waals surface area contributed by atoms with Crippen molar-refractivity contribution in [2.24, 2.45) is 0 Å². The van der Waals surface area contributed by atoms with Crippen molar-refractivity contribution in [2.45, 2.75) is 33.6 Å². The highest BCUT2D eigenvalue weighted by Gasteiger charge is 2.17.